The summed E-state index contributed by atoms with van der Waals surface area (Å²) in [5.74, 6) is 0.490. The fraction of sp³-hybridized carbons (Fsp3) is 0.350. The van der Waals surface area contributed by atoms with Crippen LogP contribution in [0.15, 0.2) is 52.6 Å². The molecule has 0 atom stereocenters. The van der Waals surface area contributed by atoms with Gasteiger partial charge in [-0.1, -0.05) is 50.3 Å². The first-order valence-corrected chi connectivity index (χ1v) is 9.58. The lowest BCUT2D eigenvalue weighted by molar-refractivity contribution is 0.591. The maximum atomic E-state index is 12.6. The quantitative estimate of drug-likeness (QED) is 0.463. The van der Waals surface area contributed by atoms with E-state index in [0.717, 1.165) is 12.0 Å². The summed E-state index contributed by atoms with van der Waals surface area (Å²) in [5.41, 5.74) is 6.27. The van der Waals surface area contributed by atoms with Gasteiger partial charge in [-0.3, -0.25) is 14.3 Å². The second kappa shape index (κ2) is 9.89. The summed E-state index contributed by atoms with van der Waals surface area (Å²) in [4.78, 5) is 29.1. The van der Waals surface area contributed by atoms with Crippen molar-refractivity contribution in [2.75, 3.05) is 23.7 Å². The fourth-order valence-corrected chi connectivity index (χ4v) is 2.98. The average molecular weight is 402 g/mol. The first-order valence-electron chi connectivity index (χ1n) is 9.18. The van der Waals surface area contributed by atoms with E-state index in [-0.39, 0.29) is 18.1 Å². The van der Waals surface area contributed by atoms with E-state index in [1.165, 1.54) is 4.57 Å². The van der Waals surface area contributed by atoms with Gasteiger partial charge < -0.3 is 16.0 Å². The van der Waals surface area contributed by atoms with Crippen molar-refractivity contribution < 1.29 is 0 Å². The highest BCUT2D eigenvalue weighted by molar-refractivity contribution is 7.80. The molecule has 1 heterocycles. The Morgan fingerprint density at radius 3 is 2.64 bits per heavy atom. The van der Waals surface area contributed by atoms with Crippen LogP contribution in [-0.4, -0.2) is 27.8 Å². The number of H-pyrrole nitrogens is 1. The highest BCUT2D eigenvalue weighted by Crippen LogP contribution is 2.19. The summed E-state index contributed by atoms with van der Waals surface area (Å²) in [6, 6.07) is 9.44. The van der Waals surface area contributed by atoms with Crippen LogP contribution < -0.4 is 27.2 Å². The van der Waals surface area contributed by atoms with Gasteiger partial charge in [0.05, 0.1) is 6.54 Å². The Kier molecular flexibility index (Phi) is 7.57. The van der Waals surface area contributed by atoms with Crippen LogP contribution in [0, 0.1) is 5.92 Å². The van der Waals surface area contributed by atoms with Crippen molar-refractivity contribution in [3.63, 3.8) is 0 Å². The van der Waals surface area contributed by atoms with Gasteiger partial charge >= 0.3 is 5.69 Å². The van der Waals surface area contributed by atoms with E-state index in [4.69, 9.17) is 18.0 Å². The van der Waals surface area contributed by atoms with Crippen LogP contribution in [0.5, 0.6) is 0 Å². The van der Waals surface area contributed by atoms with Crippen molar-refractivity contribution in [1.29, 1.82) is 0 Å². The van der Waals surface area contributed by atoms with E-state index in [1.54, 1.807) is 11.0 Å². The third kappa shape index (κ3) is 5.32. The molecule has 28 heavy (non-hydrogen) atoms. The molecule has 0 spiro atoms. The number of aromatic amines is 1. The van der Waals surface area contributed by atoms with Crippen LogP contribution in [0.2, 0.25) is 0 Å². The molecule has 0 aliphatic heterocycles. The lowest BCUT2D eigenvalue weighted by atomic mass is 10.1. The Bertz CT molecular complexity index is 934. The summed E-state index contributed by atoms with van der Waals surface area (Å²) in [7, 11) is 0. The topological polar surface area (TPSA) is 96.2 Å². The van der Waals surface area contributed by atoms with Gasteiger partial charge in [0.25, 0.3) is 5.56 Å². The van der Waals surface area contributed by atoms with Gasteiger partial charge in [0.1, 0.15) is 5.82 Å². The van der Waals surface area contributed by atoms with Gasteiger partial charge in [0.2, 0.25) is 0 Å². The number of nitrogens with two attached hydrogens (primary N) is 1. The minimum Gasteiger partial charge on any atom is -0.383 e. The summed E-state index contributed by atoms with van der Waals surface area (Å²) in [6.07, 6.45) is 2.48. The molecule has 1 aromatic heterocycles. The molecule has 7 nitrogen and oxygen atoms in total. The number of hydrogen-bond donors (Lipinski definition) is 3. The maximum absolute atomic E-state index is 12.6. The number of nitrogens with zero attached hydrogens (tertiary/aromatic N) is 2. The molecule has 2 rings (SSSR count). The van der Waals surface area contributed by atoms with Gasteiger partial charge in [-0.25, -0.2) is 4.79 Å². The van der Waals surface area contributed by atoms with Crippen molar-refractivity contribution in [2.24, 2.45) is 5.92 Å². The molecule has 4 N–H and O–H groups in total. The minimum atomic E-state index is -0.557. The van der Waals surface area contributed by atoms with E-state index < -0.39 is 11.2 Å². The molecule has 0 amide bonds. The zero-order valence-electron chi connectivity index (χ0n) is 16.3. The number of aromatic nitrogens is 2. The van der Waals surface area contributed by atoms with E-state index in [2.05, 4.69) is 30.7 Å². The molecular weight excluding hydrogens is 374 g/mol. The van der Waals surface area contributed by atoms with Crippen molar-refractivity contribution in [1.82, 2.24) is 14.9 Å². The third-order valence-corrected chi connectivity index (χ3v) is 4.61. The van der Waals surface area contributed by atoms with Crippen molar-refractivity contribution >= 4 is 28.8 Å². The Morgan fingerprint density at radius 2 is 2.04 bits per heavy atom. The minimum absolute atomic E-state index is 0.0871. The monoisotopic (exact) mass is 401 g/mol. The highest BCUT2D eigenvalue weighted by Gasteiger charge is 2.22. The molecule has 0 aliphatic carbocycles. The van der Waals surface area contributed by atoms with Crippen LogP contribution in [-0.2, 0) is 6.54 Å². The van der Waals surface area contributed by atoms with Crippen molar-refractivity contribution in [3.8, 4) is 0 Å². The maximum Gasteiger partial charge on any atom is 0.330 e. The number of nitrogen functional groups attached to an aromatic ring is 1. The molecule has 150 valence electrons. The summed E-state index contributed by atoms with van der Waals surface area (Å²) in [6.45, 7) is 9.04. The molecule has 0 aliphatic rings. The van der Waals surface area contributed by atoms with Gasteiger partial charge in [0.15, 0.2) is 10.8 Å². The Balaban J connectivity index is 2.50. The van der Waals surface area contributed by atoms with Crippen LogP contribution in [0.3, 0.4) is 0 Å². The molecule has 0 saturated carbocycles. The van der Waals surface area contributed by atoms with Crippen molar-refractivity contribution in [3.05, 3.63) is 69.4 Å². The Labute approximate surface area is 169 Å². The standard InChI is InChI=1S/C20H27N5O2S/c1-4-11-22-20(28)24(12-10-14(2)3)16-17(21)25(19(27)23-18(16)26)13-15-8-6-5-7-9-15/h4-9,14H,1,10-13,21H2,2-3H3,(H,22,28)(H,23,26,27). The van der Waals surface area contributed by atoms with E-state index in [0.29, 0.717) is 24.1 Å². The number of thiocarbonyl (C=S) groups is 1. The largest absolute Gasteiger partial charge is 0.383 e. The molecule has 2 aromatic rings. The molecule has 1 aromatic carbocycles. The summed E-state index contributed by atoms with van der Waals surface area (Å²) in [5, 5.41) is 3.40. The molecule has 0 radical (unpaired) electrons. The number of nitrogens with one attached hydrogen (secondary N) is 2. The number of anilines is 2. The summed E-state index contributed by atoms with van der Waals surface area (Å²) >= 11 is 5.47. The van der Waals surface area contributed by atoms with Gasteiger partial charge in [0, 0.05) is 13.1 Å². The molecule has 8 heteroatoms. The predicted octanol–water partition coefficient (Wildman–Crippen LogP) is 2.08. The van der Waals surface area contributed by atoms with Crippen LogP contribution >= 0.6 is 12.2 Å². The lowest BCUT2D eigenvalue weighted by Gasteiger charge is -2.27. The molecule has 0 saturated heterocycles. The zero-order chi connectivity index (χ0) is 20.7. The second-order valence-electron chi connectivity index (χ2n) is 6.87. The molecule has 0 unspecified atom stereocenters. The Hall–Kier alpha value is -2.87. The third-order valence-electron chi connectivity index (χ3n) is 4.24. The van der Waals surface area contributed by atoms with Crippen LogP contribution in [0.4, 0.5) is 11.5 Å². The van der Waals surface area contributed by atoms with E-state index in [1.807, 2.05) is 30.3 Å². The fourth-order valence-electron chi connectivity index (χ4n) is 2.72. The number of hydrogen-bond acceptors (Lipinski definition) is 4. The van der Waals surface area contributed by atoms with Gasteiger partial charge in [-0.05, 0) is 30.1 Å². The summed E-state index contributed by atoms with van der Waals surface area (Å²) < 4.78 is 1.35. The normalized spacial score (nSPS) is 10.7. The van der Waals surface area contributed by atoms with E-state index in [9.17, 15) is 9.59 Å². The first-order chi connectivity index (χ1) is 13.3. The van der Waals surface area contributed by atoms with Crippen LogP contribution in [0.1, 0.15) is 25.8 Å². The van der Waals surface area contributed by atoms with E-state index >= 15 is 0 Å². The Morgan fingerprint density at radius 1 is 1.36 bits per heavy atom. The highest BCUT2D eigenvalue weighted by atomic mass is 32.1. The first kappa shape index (κ1) is 21.4. The predicted molar refractivity (Wildman–Crippen MR) is 119 cm³/mol. The SMILES string of the molecule is C=CCNC(=S)N(CCC(C)C)c1c(N)n(Cc2ccccc2)c(=O)[nH]c1=O. The number of rotatable bonds is 8. The smallest absolute Gasteiger partial charge is 0.330 e. The van der Waals surface area contributed by atoms with Gasteiger partial charge in [-0.15, -0.1) is 6.58 Å². The lowest BCUT2D eigenvalue weighted by Crippen LogP contribution is -2.46. The molecular formula is C20H27N5O2S. The number of benzene rings is 1. The van der Waals surface area contributed by atoms with Crippen molar-refractivity contribution in [2.45, 2.75) is 26.8 Å². The molecule has 0 fully saturated rings. The second-order valence-corrected chi connectivity index (χ2v) is 7.26. The molecule has 0 bridgehead atoms. The van der Waals surface area contributed by atoms with Gasteiger partial charge in [-0.2, -0.15) is 0 Å². The zero-order valence-corrected chi connectivity index (χ0v) is 17.1. The van der Waals surface area contributed by atoms with Crippen LogP contribution in [0.25, 0.3) is 0 Å². The average Bonchev–Trinajstić information content (AvgIpc) is 2.66.